The predicted molar refractivity (Wildman–Crippen MR) is 56.9 cm³/mol. The summed E-state index contributed by atoms with van der Waals surface area (Å²) in [6, 6.07) is 0. The average Bonchev–Trinajstić information content (AvgIpc) is 2.14. The van der Waals surface area contributed by atoms with E-state index in [4.69, 9.17) is 4.74 Å². The Morgan fingerprint density at radius 3 is 2.86 bits per heavy atom. The molecule has 0 unspecified atom stereocenters. The smallest absolute Gasteiger partial charge is 0.305 e. The standard InChI is InChI=1S/C12H18O2/c1-11-7-3-2-4-9-12(13)14-10-6-5-8-11/h5,8H,1-4,6-7,9-10H2/b8-5+. The van der Waals surface area contributed by atoms with Gasteiger partial charge in [-0.1, -0.05) is 30.7 Å². The Hall–Kier alpha value is -1.05. The monoisotopic (exact) mass is 194 g/mol. The van der Waals surface area contributed by atoms with Gasteiger partial charge in [0.05, 0.1) is 6.61 Å². The second kappa shape index (κ2) is 6.41. The quantitative estimate of drug-likeness (QED) is 0.554. The van der Waals surface area contributed by atoms with E-state index < -0.39 is 0 Å². The summed E-state index contributed by atoms with van der Waals surface area (Å²) >= 11 is 0. The average molecular weight is 194 g/mol. The summed E-state index contributed by atoms with van der Waals surface area (Å²) < 4.78 is 5.03. The van der Waals surface area contributed by atoms with E-state index in [1.165, 1.54) is 5.57 Å². The summed E-state index contributed by atoms with van der Waals surface area (Å²) in [5, 5.41) is 0. The maximum absolute atomic E-state index is 11.1. The summed E-state index contributed by atoms with van der Waals surface area (Å²) in [6.45, 7) is 4.47. The van der Waals surface area contributed by atoms with Crippen molar-refractivity contribution >= 4 is 5.97 Å². The molecule has 0 N–H and O–H groups in total. The van der Waals surface area contributed by atoms with Crippen molar-refractivity contribution < 1.29 is 9.53 Å². The molecule has 0 spiro atoms. The van der Waals surface area contributed by atoms with E-state index in [0.717, 1.165) is 32.1 Å². The number of hydrogen-bond donors (Lipinski definition) is 0. The van der Waals surface area contributed by atoms with Crippen molar-refractivity contribution in [2.45, 2.75) is 38.5 Å². The third-order valence-electron chi connectivity index (χ3n) is 2.28. The van der Waals surface area contributed by atoms with Crippen molar-refractivity contribution in [1.82, 2.24) is 0 Å². The lowest BCUT2D eigenvalue weighted by molar-refractivity contribution is -0.143. The van der Waals surface area contributed by atoms with Gasteiger partial charge >= 0.3 is 5.97 Å². The normalized spacial score (nSPS) is 23.1. The number of carbonyl (C=O) groups is 1. The van der Waals surface area contributed by atoms with E-state index in [0.29, 0.717) is 13.0 Å². The van der Waals surface area contributed by atoms with Crippen LogP contribution in [0.3, 0.4) is 0 Å². The number of ether oxygens (including phenoxy) is 1. The molecular formula is C12H18O2. The Kier molecular flexibility index (Phi) is 5.05. The van der Waals surface area contributed by atoms with Gasteiger partial charge in [-0.15, -0.1) is 0 Å². The molecule has 2 heteroatoms. The molecule has 0 fully saturated rings. The molecule has 0 aromatic heterocycles. The van der Waals surface area contributed by atoms with Gasteiger partial charge in [0.1, 0.15) is 0 Å². The first-order valence-electron chi connectivity index (χ1n) is 5.29. The van der Waals surface area contributed by atoms with Crippen LogP contribution in [0.5, 0.6) is 0 Å². The van der Waals surface area contributed by atoms with Gasteiger partial charge in [-0.05, 0) is 25.7 Å². The minimum Gasteiger partial charge on any atom is -0.465 e. The summed E-state index contributed by atoms with van der Waals surface area (Å²) in [6.07, 6.45) is 9.62. The van der Waals surface area contributed by atoms with E-state index >= 15 is 0 Å². The Balaban J connectivity index is 2.37. The van der Waals surface area contributed by atoms with Gasteiger partial charge in [0.2, 0.25) is 0 Å². The Morgan fingerprint density at radius 2 is 2.00 bits per heavy atom. The molecule has 0 aliphatic carbocycles. The largest absolute Gasteiger partial charge is 0.465 e. The minimum absolute atomic E-state index is 0.0576. The number of cyclic esters (lactones) is 1. The van der Waals surface area contributed by atoms with E-state index in [9.17, 15) is 4.79 Å². The molecule has 1 aliphatic rings. The van der Waals surface area contributed by atoms with Crippen LogP contribution in [-0.4, -0.2) is 12.6 Å². The van der Waals surface area contributed by atoms with Crippen LogP contribution in [0.15, 0.2) is 24.3 Å². The third kappa shape index (κ3) is 4.85. The number of hydrogen-bond acceptors (Lipinski definition) is 2. The maximum Gasteiger partial charge on any atom is 0.305 e. The highest BCUT2D eigenvalue weighted by atomic mass is 16.5. The van der Waals surface area contributed by atoms with Gasteiger partial charge in [0.15, 0.2) is 0 Å². The van der Waals surface area contributed by atoms with Crippen LogP contribution in [0, 0.1) is 0 Å². The SMILES string of the molecule is C=C1/C=C/CCOC(=O)CCCCC1. The minimum atomic E-state index is -0.0576. The van der Waals surface area contributed by atoms with Gasteiger partial charge in [0.25, 0.3) is 0 Å². The highest BCUT2D eigenvalue weighted by Gasteiger charge is 2.02. The van der Waals surface area contributed by atoms with Crippen molar-refractivity contribution in [2.75, 3.05) is 6.61 Å². The van der Waals surface area contributed by atoms with Crippen LogP contribution in [0.4, 0.5) is 0 Å². The number of allylic oxidation sites excluding steroid dienone is 2. The van der Waals surface area contributed by atoms with Crippen LogP contribution in [0.25, 0.3) is 0 Å². The molecule has 1 rings (SSSR count). The van der Waals surface area contributed by atoms with Crippen LogP contribution in [0.1, 0.15) is 38.5 Å². The second-order valence-corrected chi connectivity index (χ2v) is 3.63. The summed E-state index contributed by atoms with van der Waals surface area (Å²) in [7, 11) is 0. The van der Waals surface area contributed by atoms with E-state index in [1.54, 1.807) is 0 Å². The van der Waals surface area contributed by atoms with Gasteiger partial charge in [-0.3, -0.25) is 4.79 Å². The molecule has 14 heavy (non-hydrogen) atoms. The molecule has 1 aliphatic heterocycles. The molecule has 1 heterocycles. The molecule has 0 aromatic carbocycles. The van der Waals surface area contributed by atoms with Crippen LogP contribution < -0.4 is 0 Å². The molecule has 0 saturated carbocycles. The molecule has 2 nitrogen and oxygen atoms in total. The van der Waals surface area contributed by atoms with Crippen LogP contribution in [0.2, 0.25) is 0 Å². The van der Waals surface area contributed by atoms with E-state index in [2.05, 4.69) is 6.58 Å². The molecule has 0 atom stereocenters. The Labute approximate surface area is 85.6 Å². The van der Waals surface area contributed by atoms with Crippen molar-refractivity contribution in [2.24, 2.45) is 0 Å². The zero-order valence-corrected chi connectivity index (χ0v) is 8.63. The van der Waals surface area contributed by atoms with E-state index in [-0.39, 0.29) is 5.97 Å². The van der Waals surface area contributed by atoms with Crippen molar-refractivity contribution in [3.05, 3.63) is 24.3 Å². The molecule has 0 amide bonds. The van der Waals surface area contributed by atoms with Crippen LogP contribution >= 0.6 is 0 Å². The number of esters is 1. The first kappa shape index (κ1) is 11.0. The second-order valence-electron chi connectivity index (χ2n) is 3.63. The fraction of sp³-hybridized carbons (Fsp3) is 0.583. The molecule has 0 saturated heterocycles. The van der Waals surface area contributed by atoms with E-state index in [1.807, 2.05) is 12.2 Å². The summed E-state index contributed by atoms with van der Waals surface area (Å²) in [5.41, 5.74) is 1.18. The van der Waals surface area contributed by atoms with Gasteiger partial charge in [-0.2, -0.15) is 0 Å². The molecule has 0 bridgehead atoms. The lowest BCUT2D eigenvalue weighted by Gasteiger charge is -2.05. The molecule has 0 aromatic rings. The number of rotatable bonds is 0. The fourth-order valence-electron chi connectivity index (χ4n) is 1.44. The van der Waals surface area contributed by atoms with Gasteiger partial charge < -0.3 is 4.74 Å². The number of carbonyl (C=O) groups excluding carboxylic acids is 1. The highest BCUT2D eigenvalue weighted by Crippen LogP contribution is 2.11. The van der Waals surface area contributed by atoms with Crippen molar-refractivity contribution in [1.29, 1.82) is 0 Å². The maximum atomic E-state index is 11.1. The molecule has 78 valence electrons. The van der Waals surface area contributed by atoms with Gasteiger partial charge in [-0.25, -0.2) is 0 Å². The Bertz CT molecular complexity index is 228. The topological polar surface area (TPSA) is 26.3 Å². The zero-order chi connectivity index (χ0) is 10.2. The fourth-order valence-corrected chi connectivity index (χ4v) is 1.44. The van der Waals surface area contributed by atoms with Gasteiger partial charge in [0, 0.05) is 6.42 Å². The summed E-state index contributed by atoms with van der Waals surface area (Å²) in [4.78, 5) is 11.1. The van der Waals surface area contributed by atoms with Crippen molar-refractivity contribution in [3.8, 4) is 0 Å². The molecular weight excluding hydrogens is 176 g/mol. The Morgan fingerprint density at radius 1 is 1.21 bits per heavy atom. The van der Waals surface area contributed by atoms with Crippen molar-refractivity contribution in [3.63, 3.8) is 0 Å². The molecule has 0 radical (unpaired) electrons. The lowest BCUT2D eigenvalue weighted by atomic mass is 10.1. The zero-order valence-electron chi connectivity index (χ0n) is 8.63. The summed E-state index contributed by atoms with van der Waals surface area (Å²) in [5.74, 6) is -0.0576. The predicted octanol–water partition coefficient (Wildman–Crippen LogP) is 3.00. The lowest BCUT2D eigenvalue weighted by Crippen LogP contribution is -2.05. The third-order valence-corrected chi connectivity index (χ3v) is 2.28. The van der Waals surface area contributed by atoms with Crippen LogP contribution in [-0.2, 0) is 9.53 Å². The first-order valence-corrected chi connectivity index (χ1v) is 5.29. The first-order chi connectivity index (χ1) is 6.79. The highest BCUT2D eigenvalue weighted by molar-refractivity contribution is 5.69.